The lowest BCUT2D eigenvalue weighted by molar-refractivity contribution is 0.597. The molecule has 0 spiro atoms. The van der Waals surface area contributed by atoms with E-state index in [2.05, 4.69) is 23.2 Å². The lowest BCUT2D eigenvalue weighted by Gasteiger charge is -2.04. The van der Waals surface area contributed by atoms with Crippen LogP contribution >= 0.6 is 0 Å². The third-order valence-electron chi connectivity index (χ3n) is 3.32. The van der Waals surface area contributed by atoms with Gasteiger partial charge in [-0.1, -0.05) is 30.3 Å². The number of aromatic amines is 1. The Balaban J connectivity index is 0.000000159. The first kappa shape index (κ1) is 15.3. The molecule has 2 aromatic carbocycles. The van der Waals surface area contributed by atoms with E-state index in [1.807, 2.05) is 31.3 Å². The molecule has 21 heavy (non-hydrogen) atoms. The molecule has 5 heteroatoms. The summed E-state index contributed by atoms with van der Waals surface area (Å²) in [5.41, 5.74) is 2.86. The van der Waals surface area contributed by atoms with Crippen molar-refractivity contribution in [1.29, 1.82) is 0 Å². The Hall–Kier alpha value is -2.11. The van der Waals surface area contributed by atoms with Crippen LogP contribution in [0.4, 0.5) is 0 Å². The van der Waals surface area contributed by atoms with Crippen LogP contribution in [0.2, 0.25) is 0 Å². The first-order valence-corrected chi connectivity index (χ1v) is 8.05. The predicted octanol–water partition coefficient (Wildman–Crippen LogP) is 3.12. The maximum Gasteiger partial charge on any atom is 0.238 e. The largest absolute Gasteiger partial charge is 0.361 e. The fourth-order valence-corrected chi connectivity index (χ4v) is 2.88. The second-order valence-electron chi connectivity index (χ2n) is 4.81. The Kier molecular flexibility index (Phi) is 4.45. The molecule has 0 saturated carbocycles. The number of primary sulfonamides is 1. The van der Waals surface area contributed by atoms with Gasteiger partial charge < -0.3 is 4.98 Å². The van der Waals surface area contributed by atoms with E-state index in [9.17, 15) is 8.42 Å². The topological polar surface area (TPSA) is 76.0 Å². The Morgan fingerprint density at radius 1 is 0.952 bits per heavy atom. The van der Waals surface area contributed by atoms with E-state index in [-0.39, 0.29) is 4.90 Å². The fraction of sp³-hybridized carbons (Fsp3) is 0.125. The number of sulfonamides is 1. The molecule has 0 amide bonds. The molecule has 0 unspecified atom stereocenters. The summed E-state index contributed by atoms with van der Waals surface area (Å²) in [5.74, 6) is 0. The highest BCUT2D eigenvalue weighted by Crippen LogP contribution is 2.16. The minimum atomic E-state index is -3.56. The fourth-order valence-electron chi connectivity index (χ4n) is 2.03. The number of hydrogen-bond donors (Lipinski definition) is 2. The summed E-state index contributed by atoms with van der Waals surface area (Å²) in [6.07, 6.45) is 1.95. The molecule has 110 valence electrons. The third kappa shape index (κ3) is 3.71. The number of para-hydroxylation sites is 1. The van der Waals surface area contributed by atoms with Gasteiger partial charge in [-0.05, 0) is 48.6 Å². The summed E-state index contributed by atoms with van der Waals surface area (Å²) in [4.78, 5) is 3.33. The first-order valence-electron chi connectivity index (χ1n) is 6.51. The highest BCUT2D eigenvalue weighted by atomic mass is 32.2. The van der Waals surface area contributed by atoms with Crippen molar-refractivity contribution in [2.75, 3.05) is 0 Å². The van der Waals surface area contributed by atoms with Gasteiger partial charge in [-0.2, -0.15) is 0 Å². The van der Waals surface area contributed by atoms with Crippen LogP contribution in [0.5, 0.6) is 0 Å². The molecule has 3 aromatic rings. The lowest BCUT2D eigenvalue weighted by Crippen LogP contribution is -2.13. The van der Waals surface area contributed by atoms with E-state index in [1.165, 1.54) is 17.0 Å². The number of nitrogens with two attached hydrogens (primary N) is 1. The molecule has 0 bridgehead atoms. The van der Waals surface area contributed by atoms with Gasteiger partial charge in [0.05, 0.1) is 4.90 Å². The summed E-state index contributed by atoms with van der Waals surface area (Å²) in [6, 6.07) is 15.3. The number of rotatable bonds is 1. The highest BCUT2D eigenvalue weighted by Gasteiger charge is 2.11. The molecule has 0 aliphatic rings. The summed E-state index contributed by atoms with van der Waals surface area (Å²) >= 11 is 0. The zero-order valence-electron chi connectivity index (χ0n) is 12.0. The Morgan fingerprint density at radius 2 is 1.67 bits per heavy atom. The van der Waals surface area contributed by atoms with Gasteiger partial charge in [0.15, 0.2) is 0 Å². The monoisotopic (exact) mass is 302 g/mol. The number of aromatic nitrogens is 1. The second-order valence-corrected chi connectivity index (χ2v) is 6.34. The molecule has 0 saturated heterocycles. The lowest BCUT2D eigenvalue weighted by atomic mass is 10.1. The van der Waals surface area contributed by atoms with Gasteiger partial charge in [0.2, 0.25) is 10.0 Å². The molecule has 0 fully saturated rings. The van der Waals surface area contributed by atoms with Crippen LogP contribution in [0.15, 0.2) is 59.6 Å². The number of H-pyrrole nitrogens is 1. The van der Waals surface area contributed by atoms with E-state index in [0.29, 0.717) is 0 Å². The maximum absolute atomic E-state index is 11.0. The van der Waals surface area contributed by atoms with E-state index >= 15 is 0 Å². The standard InChI is InChI=1S/C8H11NO2S.C8H7N/c1-6-4-3-5-8(7(6)2)12(9,10)11;1-2-4-8-7(3-1)5-6-9-8/h3-5H,1-2H3,(H2,9,10,11);1-6,9H. The summed E-state index contributed by atoms with van der Waals surface area (Å²) in [5, 5.41) is 6.27. The van der Waals surface area contributed by atoms with Gasteiger partial charge in [-0.15, -0.1) is 0 Å². The molecule has 1 aromatic heterocycles. The first-order chi connectivity index (χ1) is 9.89. The Labute approximate surface area is 124 Å². The van der Waals surface area contributed by atoms with Crippen molar-refractivity contribution in [3.05, 3.63) is 65.9 Å². The number of benzene rings is 2. The molecule has 3 rings (SSSR count). The van der Waals surface area contributed by atoms with Crippen LogP contribution in [0.1, 0.15) is 11.1 Å². The van der Waals surface area contributed by atoms with Crippen LogP contribution in [-0.2, 0) is 10.0 Å². The van der Waals surface area contributed by atoms with Crippen molar-refractivity contribution in [3.8, 4) is 0 Å². The minimum absolute atomic E-state index is 0.211. The zero-order valence-corrected chi connectivity index (χ0v) is 12.8. The SMILES string of the molecule is Cc1cccc(S(N)(=O)=O)c1C.c1ccc2[nH]ccc2c1. The molecule has 0 aliphatic heterocycles. The van der Waals surface area contributed by atoms with Crippen LogP contribution in [-0.4, -0.2) is 13.4 Å². The van der Waals surface area contributed by atoms with Crippen LogP contribution in [0, 0.1) is 13.8 Å². The quantitative estimate of drug-likeness (QED) is 0.724. The van der Waals surface area contributed by atoms with Crippen LogP contribution in [0.3, 0.4) is 0 Å². The molecule has 0 radical (unpaired) electrons. The van der Waals surface area contributed by atoms with E-state index in [0.717, 1.165) is 11.1 Å². The van der Waals surface area contributed by atoms with Crippen molar-refractivity contribution >= 4 is 20.9 Å². The van der Waals surface area contributed by atoms with E-state index in [4.69, 9.17) is 5.14 Å². The molecule has 3 N–H and O–H groups in total. The molecule has 1 heterocycles. The van der Waals surface area contributed by atoms with E-state index < -0.39 is 10.0 Å². The van der Waals surface area contributed by atoms with Crippen molar-refractivity contribution in [1.82, 2.24) is 4.98 Å². The number of nitrogens with one attached hydrogen (secondary N) is 1. The smallest absolute Gasteiger partial charge is 0.238 e. The summed E-state index contributed by atoms with van der Waals surface area (Å²) < 4.78 is 22.0. The molecule has 4 nitrogen and oxygen atoms in total. The number of fused-ring (bicyclic) bond motifs is 1. The Bertz CT molecular complexity index is 821. The minimum Gasteiger partial charge on any atom is -0.361 e. The zero-order chi connectivity index (χ0) is 15.5. The predicted molar refractivity (Wildman–Crippen MR) is 85.6 cm³/mol. The molecule has 0 aliphatic carbocycles. The molecular weight excluding hydrogens is 284 g/mol. The van der Waals surface area contributed by atoms with Crippen LogP contribution in [0.25, 0.3) is 10.9 Å². The van der Waals surface area contributed by atoms with Crippen molar-refractivity contribution in [2.24, 2.45) is 5.14 Å². The average molecular weight is 302 g/mol. The van der Waals surface area contributed by atoms with Crippen LogP contribution < -0.4 is 5.14 Å². The molecular formula is C16H18N2O2S. The summed E-state index contributed by atoms with van der Waals surface area (Å²) in [6.45, 7) is 3.60. The van der Waals surface area contributed by atoms with Gasteiger partial charge >= 0.3 is 0 Å². The molecule has 0 atom stereocenters. The summed E-state index contributed by atoms with van der Waals surface area (Å²) in [7, 11) is -3.56. The van der Waals surface area contributed by atoms with Gasteiger partial charge in [-0.25, -0.2) is 13.6 Å². The number of aryl methyl sites for hydroxylation is 1. The highest BCUT2D eigenvalue weighted by molar-refractivity contribution is 7.89. The number of hydrogen-bond acceptors (Lipinski definition) is 2. The van der Waals surface area contributed by atoms with Gasteiger partial charge in [0.1, 0.15) is 0 Å². The van der Waals surface area contributed by atoms with Crippen molar-refractivity contribution < 1.29 is 8.42 Å². The average Bonchev–Trinajstić information content (AvgIpc) is 2.89. The normalized spacial score (nSPS) is 11.0. The third-order valence-corrected chi connectivity index (χ3v) is 4.38. The van der Waals surface area contributed by atoms with Gasteiger partial charge in [0, 0.05) is 11.7 Å². The maximum atomic E-state index is 11.0. The van der Waals surface area contributed by atoms with Crippen molar-refractivity contribution in [2.45, 2.75) is 18.7 Å². The van der Waals surface area contributed by atoms with E-state index in [1.54, 1.807) is 13.0 Å². The Morgan fingerprint density at radius 3 is 2.29 bits per heavy atom. The van der Waals surface area contributed by atoms with Gasteiger partial charge in [-0.3, -0.25) is 0 Å². The van der Waals surface area contributed by atoms with Gasteiger partial charge in [0.25, 0.3) is 0 Å². The van der Waals surface area contributed by atoms with Crippen molar-refractivity contribution in [3.63, 3.8) is 0 Å². The second kappa shape index (κ2) is 6.11.